The molecule has 1 aromatic heterocycles. The van der Waals surface area contributed by atoms with Crippen molar-refractivity contribution in [2.45, 2.75) is 56.6 Å². The van der Waals surface area contributed by atoms with E-state index in [4.69, 9.17) is 9.26 Å². The number of likely N-dealkylation sites (N-methyl/N-ethyl adjacent to an activating group) is 1. The molecule has 2 unspecified atom stereocenters. The van der Waals surface area contributed by atoms with E-state index in [1.54, 1.807) is 18.2 Å². The quantitative estimate of drug-likeness (QED) is 0.371. The first-order valence-corrected chi connectivity index (χ1v) is 11.9. The SMILES string of the molecule is C[N+]1(CC(=O)Nc2ccon2)CCC[C@@H]1COC(=O)C(O)(c1ccccc1)C1CCCCC1.[Br-]. The van der Waals surface area contributed by atoms with Gasteiger partial charge in [0.25, 0.3) is 5.91 Å². The van der Waals surface area contributed by atoms with Crippen LogP contribution in [0.2, 0.25) is 0 Å². The molecule has 1 saturated carbocycles. The number of anilines is 1. The van der Waals surface area contributed by atoms with E-state index in [0.29, 0.717) is 15.9 Å². The Kier molecular flexibility index (Phi) is 8.89. The van der Waals surface area contributed by atoms with Crippen LogP contribution in [0.1, 0.15) is 50.5 Å². The Balaban J connectivity index is 0.00000324. The van der Waals surface area contributed by atoms with Gasteiger partial charge in [0.2, 0.25) is 0 Å². The van der Waals surface area contributed by atoms with E-state index in [2.05, 4.69) is 10.5 Å². The number of ether oxygens (including phenoxy) is 1. The fourth-order valence-electron chi connectivity index (χ4n) is 5.46. The molecule has 8 nitrogen and oxygen atoms in total. The molecule has 0 bridgehead atoms. The van der Waals surface area contributed by atoms with Crippen LogP contribution >= 0.6 is 0 Å². The van der Waals surface area contributed by atoms with Gasteiger partial charge in [-0.05, 0) is 18.4 Å². The Morgan fingerprint density at radius 1 is 1.15 bits per heavy atom. The van der Waals surface area contributed by atoms with Gasteiger partial charge in [-0.25, -0.2) is 4.79 Å². The number of hydrogen-bond acceptors (Lipinski definition) is 6. The lowest BCUT2D eigenvalue weighted by Crippen LogP contribution is -3.00. The van der Waals surface area contributed by atoms with Crippen LogP contribution in [0.15, 0.2) is 47.2 Å². The van der Waals surface area contributed by atoms with Crippen molar-refractivity contribution in [2.24, 2.45) is 5.92 Å². The number of quaternary nitrogens is 1. The van der Waals surface area contributed by atoms with Crippen molar-refractivity contribution >= 4 is 17.7 Å². The van der Waals surface area contributed by atoms with E-state index in [1.807, 2.05) is 25.2 Å². The van der Waals surface area contributed by atoms with Gasteiger partial charge in [-0.15, -0.1) is 0 Å². The largest absolute Gasteiger partial charge is 1.00 e. The summed E-state index contributed by atoms with van der Waals surface area (Å²) < 4.78 is 11.1. The molecule has 1 aromatic carbocycles. The number of rotatable bonds is 8. The Bertz CT molecular complexity index is 935. The number of likely N-dealkylation sites (tertiary alicyclic amines) is 1. The number of esters is 1. The molecule has 34 heavy (non-hydrogen) atoms. The maximum absolute atomic E-state index is 13.4. The molecule has 1 aliphatic heterocycles. The van der Waals surface area contributed by atoms with Crippen molar-refractivity contribution in [3.05, 3.63) is 48.2 Å². The van der Waals surface area contributed by atoms with Gasteiger partial charge in [0.15, 0.2) is 18.0 Å². The molecule has 186 valence electrons. The fourth-order valence-corrected chi connectivity index (χ4v) is 5.46. The molecular weight excluding hydrogens is 502 g/mol. The van der Waals surface area contributed by atoms with Gasteiger partial charge >= 0.3 is 5.97 Å². The number of amides is 1. The predicted molar refractivity (Wildman–Crippen MR) is 122 cm³/mol. The average molecular weight is 536 g/mol. The van der Waals surface area contributed by atoms with Crippen LogP contribution < -0.4 is 22.3 Å². The molecule has 1 aliphatic carbocycles. The minimum atomic E-state index is -1.64. The van der Waals surface area contributed by atoms with Crippen molar-refractivity contribution in [2.75, 3.05) is 32.1 Å². The van der Waals surface area contributed by atoms with Gasteiger partial charge in [-0.1, -0.05) is 54.8 Å². The highest BCUT2D eigenvalue weighted by Crippen LogP contribution is 2.40. The van der Waals surface area contributed by atoms with Gasteiger partial charge in [0, 0.05) is 24.8 Å². The molecule has 0 radical (unpaired) electrons. The monoisotopic (exact) mass is 535 g/mol. The normalized spacial score (nSPS) is 24.6. The topological polar surface area (TPSA) is 102 Å². The summed E-state index contributed by atoms with van der Waals surface area (Å²) in [6.45, 7) is 1.25. The summed E-state index contributed by atoms with van der Waals surface area (Å²) >= 11 is 0. The van der Waals surface area contributed by atoms with E-state index < -0.39 is 11.6 Å². The molecule has 2 heterocycles. The van der Waals surface area contributed by atoms with Gasteiger partial charge in [-0.3, -0.25) is 4.79 Å². The molecule has 1 amide bonds. The summed E-state index contributed by atoms with van der Waals surface area (Å²) in [5.41, 5.74) is -1.05. The lowest BCUT2D eigenvalue weighted by molar-refractivity contribution is -0.913. The molecular formula is C25H34BrN3O5. The van der Waals surface area contributed by atoms with E-state index >= 15 is 0 Å². The van der Waals surface area contributed by atoms with Crippen LogP contribution in [0.5, 0.6) is 0 Å². The van der Waals surface area contributed by atoms with Gasteiger partial charge in [0.05, 0.1) is 13.6 Å². The third kappa shape index (κ3) is 5.70. The number of hydrogen-bond donors (Lipinski definition) is 2. The summed E-state index contributed by atoms with van der Waals surface area (Å²) in [6, 6.07) is 10.8. The summed E-state index contributed by atoms with van der Waals surface area (Å²) in [5.74, 6) is -0.508. The highest BCUT2D eigenvalue weighted by Gasteiger charge is 2.48. The van der Waals surface area contributed by atoms with Crippen LogP contribution in [0.4, 0.5) is 5.82 Å². The second kappa shape index (κ2) is 11.5. The van der Waals surface area contributed by atoms with Gasteiger partial charge in [0.1, 0.15) is 18.9 Å². The zero-order valence-electron chi connectivity index (χ0n) is 19.6. The Morgan fingerprint density at radius 2 is 1.88 bits per heavy atom. The highest BCUT2D eigenvalue weighted by molar-refractivity contribution is 5.90. The minimum absolute atomic E-state index is 0. The third-order valence-corrected chi connectivity index (χ3v) is 7.43. The second-order valence-corrected chi connectivity index (χ2v) is 9.66. The first-order chi connectivity index (χ1) is 15.9. The van der Waals surface area contributed by atoms with Gasteiger partial charge < -0.3 is 41.1 Å². The van der Waals surface area contributed by atoms with Gasteiger partial charge in [-0.2, -0.15) is 0 Å². The number of halogens is 1. The van der Waals surface area contributed by atoms with E-state index in [1.165, 1.54) is 6.26 Å². The summed E-state index contributed by atoms with van der Waals surface area (Å²) in [7, 11) is 2.01. The molecule has 2 aromatic rings. The number of carbonyl (C=O) groups excluding carboxylic acids is 2. The number of nitrogens with one attached hydrogen (secondary N) is 1. The number of benzene rings is 1. The van der Waals surface area contributed by atoms with Crippen LogP contribution in [-0.2, 0) is 19.9 Å². The van der Waals surface area contributed by atoms with Crippen LogP contribution in [0.25, 0.3) is 0 Å². The summed E-state index contributed by atoms with van der Waals surface area (Å²) in [6.07, 6.45) is 7.96. The lowest BCUT2D eigenvalue weighted by Gasteiger charge is -2.38. The smallest absolute Gasteiger partial charge is 0.343 e. The van der Waals surface area contributed by atoms with Crippen molar-refractivity contribution in [1.29, 1.82) is 0 Å². The molecule has 4 rings (SSSR count). The predicted octanol–water partition coefficient (Wildman–Crippen LogP) is 0.237. The van der Waals surface area contributed by atoms with Crippen LogP contribution in [-0.4, -0.2) is 59.4 Å². The minimum Gasteiger partial charge on any atom is -1.00 e. The Morgan fingerprint density at radius 3 is 2.56 bits per heavy atom. The van der Waals surface area contributed by atoms with Crippen molar-refractivity contribution in [3.8, 4) is 0 Å². The first-order valence-electron chi connectivity index (χ1n) is 11.9. The zero-order chi connectivity index (χ0) is 23.3. The van der Waals surface area contributed by atoms with E-state index in [0.717, 1.165) is 51.5 Å². The first kappa shape index (κ1) is 26.4. The highest BCUT2D eigenvalue weighted by atomic mass is 79.9. The van der Waals surface area contributed by atoms with Crippen LogP contribution in [0.3, 0.4) is 0 Å². The van der Waals surface area contributed by atoms with Crippen molar-refractivity contribution < 1.29 is 45.4 Å². The molecule has 2 aliphatic rings. The van der Waals surface area contributed by atoms with Crippen LogP contribution in [0, 0.1) is 5.92 Å². The standard InChI is InChI=1S/C25H33N3O5.BrH/c1-28(17-23(29)26-22-14-16-33-27-22)15-8-13-21(28)18-32-24(30)25(31,19-9-4-2-5-10-19)20-11-6-3-7-12-20;/h2,4-5,9-10,14,16,20-21,31H,3,6-8,11-13,15,17-18H2,1H3;1H/t21-,25?,28?;/m1./s1. The van der Waals surface area contributed by atoms with E-state index in [-0.39, 0.29) is 48.0 Å². The van der Waals surface area contributed by atoms with Crippen molar-refractivity contribution in [1.82, 2.24) is 5.16 Å². The third-order valence-electron chi connectivity index (χ3n) is 7.43. The maximum atomic E-state index is 13.4. The average Bonchev–Trinajstić information content (AvgIpc) is 3.47. The van der Waals surface area contributed by atoms with Crippen molar-refractivity contribution in [3.63, 3.8) is 0 Å². The number of aliphatic hydroxyl groups is 1. The summed E-state index contributed by atoms with van der Waals surface area (Å²) in [5, 5.41) is 18.2. The van der Waals surface area contributed by atoms with E-state index in [9.17, 15) is 14.7 Å². The molecule has 3 atom stereocenters. The molecule has 1 saturated heterocycles. The second-order valence-electron chi connectivity index (χ2n) is 9.66. The fraction of sp³-hybridized carbons (Fsp3) is 0.560. The summed E-state index contributed by atoms with van der Waals surface area (Å²) in [4.78, 5) is 25.9. The molecule has 0 spiro atoms. The number of carbonyl (C=O) groups is 2. The maximum Gasteiger partial charge on any atom is 0.343 e. The zero-order valence-corrected chi connectivity index (χ0v) is 21.2. The number of nitrogens with zero attached hydrogens (tertiary/aromatic N) is 2. The molecule has 9 heteroatoms. The number of aromatic nitrogens is 1. The lowest BCUT2D eigenvalue weighted by atomic mass is 9.73. The molecule has 2 N–H and O–H groups in total. The Labute approximate surface area is 211 Å². The molecule has 2 fully saturated rings. The Hall–Kier alpha value is -2.23.